The van der Waals surface area contributed by atoms with Gasteiger partial charge in [-0.15, -0.1) is 0 Å². The van der Waals surface area contributed by atoms with Crippen molar-refractivity contribution in [2.24, 2.45) is 5.41 Å². The molecule has 0 aromatic rings. The second-order valence-electron chi connectivity index (χ2n) is 4.06. The Balaban J connectivity index is 0. The van der Waals surface area contributed by atoms with E-state index in [1.165, 1.54) is 44.9 Å². The summed E-state index contributed by atoms with van der Waals surface area (Å²) in [4.78, 5) is 0. The first-order valence-electron chi connectivity index (χ1n) is 6.74. The highest BCUT2D eigenvalue weighted by atomic mass is 14.3. The monoisotopic (exact) mass is 200 g/mol. The third-order valence-corrected chi connectivity index (χ3v) is 3.34. The van der Waals surface area contributed by atoms with Crippen LogP contribution in [0.3, 0.4) is 0 Å². The summed E-state index contributed by atoms with van der Waals surface area (Å²) in [7, 11) is 0. The van der Waals surface area contributed by atoms with Crippen molar-refractivity contribution < 1.29 is 0 Å². The summed E-state index contributed by atoms with van der Waals surface area (Å²) in [6.07, 6.45) is 9.75. The van der Waals surface area contributed by atoms with Gasteiger partial charge in [0, 0.05) is 0 Å². The summed E-state index contributed by atoms with van der Waals surface area (Å²) in [5.41, 5.74) is 0.685. The first-order valence-corrected chi connectivity index (χ1v) is 6.74. The van der Waals surface area contributed by atoms with Crippen LogP contribution in [0.25, 0.3) is 0 Å². The molecule has 0 nitrogen and oxygen atoms in total. The normalized spacial score (nSPS) is 10.7. The highest BCUT2D eigenvalue weighted by molar-refractivity contribution is 4.75. The first-order chi connectivity index (χ1) is 6.74. The molecule has 14 heavy (non-hydrogen) atoms. The second-order valence-corrected chi connectivity index (χ2v) is 4.06. The molecule has 0 heterocycles. The lowest BCUT2D eigenvalue weighted by atomic mass is 9.74. The minimum absolute atomic E-state index is 0.685. The molecule has 0 amide bonds. The van der Waals surface area contributed by atoms with E-state index in [4.69, 9.17) is 0 Å². The molecule has 0 fully saturated rings. The lowest BCUT2D eigenvalue weighted by Crippen LogP contribution is -2.18. The van der Waals surface area contributed by atoms with E-state index < -0.39 is 0 Å². The van der Waals surface area contributed by atoms with E-state index in [0.717, 1.165) is 0 Å². The van der Waals surface area contributed by atoms with Crippen molar-refractivity contribution >= 4 is 0 Å². The van der Waals surface area contributed by atoms with E-state index in [-0.39, 0.29) is 0 Å². The van der Waals surface area contributed by atoms with Crippen molar-refractivity contribution in [3.8, 4) is 0 Å². The summed E-state index contributed by atoms with van der Waals surface area (Å²) in [5, 5.41) is 0. The van der Waals surface area contributed by atoms with Crippen LogP contribution in [-0.4, -0.2) is 0 Å². The Morgan fingerprint density at radius 1 is 0.714 bits per heavy atom. The highest BCUT2D eigenvalue weighted by Crippen LogP contribution is 2.37. The van der Waals surface area contributed by atoms with Crippen molar-refractivity contribution in [1.29, 1.82) is 0 Å². The Kier molecular flexibility index (Phi) is 13.0. The maximum Gasteiger partial charge on any atom is -0.0303 e. The van der Waals surface area contributed by atoms with Gasteiger partial charge in [-0.25, -0.2) is 0 Å². The second kappa shape index (κ2) is 11.1. The van der Waals surface area contributed by atoms with Crippen LogP contribution in [0.5, 0.6) is 0 Å². The zero-order chi connectivity index (χ0) is 11.4. The lowest BCUT2D eigenvalue weighted by molar-refractivity contribution is 0.210. The first kappa shape index (κ1) is 16.4. The molecule has 0 aromatic carbocycles. The smallest absolute Gasteiger partial charge is 0.0303 e. The topological polar surface area (TPSA) is 0 Å². The van der Waals surface area contributed by atoms with Crippen LogP contribution in [0.4, 0.5) is 0 Å². The fourth-order valence-corrected chi connectivity index (χ4v) is 2.16. The fraction of sp³-hybridized carbons (Fsp3) is 1.00. The molecule has 0 heteroatoms. The molecule has 0 saturated carbocycles. The molecular formula is C14H32. The van der Waals surface area contributed by atoms with Gasteiger partial charge in [-0.2, -0.15) is 0 Å². The standard InChI is InChI=1S/C12H26.C2H6/c1-5-9-11-12(7-3,8-4)10-6-2;1-2/h5-11H2,1-4H3;1-2H3. The van der Waals surface area contributed by atoms with Crippen molar-refractivity contribution in [3.05, 3.63) is 0 Å². The molecule has 0 aromatic heterocycles. The van der Waals surface area contributed by atoms with Crippen LogP contribution in [0, 0.1) is 5.41 Å². The van der Waals surface area contributed by atoms with Gasteiger partial charge in [-0.3, -0.25) is 0 Å². The molecule has 0 aliphatic carbocycles. The third kappa shape index (κ3) is 6.45. The van der Waals surface area contributed by atoms with Gasteiger partial charge < -0.3 is 0 Å². The quantitative estimate of drug-likeness (QED) is 0.486. The molecule has 0 atom stereocenters. The van der Waals surface area contributed by atoms with Crippen molar-refractivity contribution in [2.45, 2.75) is 86.5 Å². The van der Waals surface area contributed by atoms with Gasteiger partial charge in [0.05, 0.1) is 0 Å². The van der Waals surface area contributed by atoms with Crippen LogP contribution in [0.1, 0.15) is 86.5 Å². The molecule has 0 bridgehead atoms. The summed E-state index contributed by atoms with van der Waals surface area (Å²) in [5.74, 6) is 0. The van der Waals surface area contributed by atoms with Gasteiger partial charge in [0.25, 0.3) is 0 Å². The van der Waals surface area contributed by atoms with Crippen molar-refractivity contribution in [1.82, 2.24) is 0 Å². The van der Waals surface area contributed by atoms with Gasteiger partial charge in [-0.1, -0.05) is 73.6 Å². The molecule has 0 aliphatic heterocycles. The Morgan fingerprint density at radius 3 is 1.50 bits per heavy atom. The largest absolute Gasteiger partial charge is 0.0683 e. The molecular weight excluding hydrogens is 168 g/mol. The lowest BCUT2D eigenvalue weighted by Gasteiger charge is -2.31. The minimum Gasteiger partial charge on any atom is -0.0683 e. The SMILES string of the molecule is CC.CCCCC(CC)(CC)CCC. The summed E-state index contributed by atoms with van der Waals surface area (Å²) >= 11 is 0. The number of hydrogen-bond acceptors (Lipinski definition) is 0. The zero-order valence-electron chi connectivity index (χ0n) is 11.4. The van der Waals surface area contributed by atoms with Gasteiger partial charge in [-0.05, 0) is 18.3 Å². The van der Waals surface area contributed by atoms with Crippen LogP contribution >= 0.6 is 0 Å². The van der Waals surface area contributed by atoms with Crippen molar-refractivity contribution in [3.63, 3.8) is 0 Å². The molecule has 0 aliphatic rings. The van der Waals surface area contributed by atoms with Gasteiger partial charge in [0.2, 0.25) is 0 Å². The van der Waals surface area contributed by atoms with E-state index >= 15 is 0 Å². The van der Waals surface area contributed by atoms with Crippen LogP contribution in [0.2, 0.25) is 0 Å². The molecule has 88 valence electrons. The van der Waals surface area contributed by atoms with Gasteiger partial charge in [0.15, 0.2) is 0 Å². The number of unbranched alkanes of at least 4 members (excludes halogenated alkanes) is 1. The van der Waals surface area contributed by atoms with Crippen molar-refractivity contribution in [2.75, 3.05) is 0 Å². The summed E-state index contributed by atoms with van der Waals surface area (Å²) in [6.45, 7) is 13.3. The van der Waals surface area contributed by atoms with Crippen LogP contribution in [-0.2, 0) is 0 Å². The Morgan fingerprint density at radius 2 is 1.21 bits per heavy atom. The van der Waals surface area contributed by atoms with E-state index in [1.54, 1.807) is 0 Å². The van der Waals surface area contributed by atoms with E-state index in [9.17, 15) is 0 Å². The third-order valence-electron chi connectivity index (χ3n) is 3.34. The molecule has 0 spiro atoms. The highest BCUT2D eigenvalue weighted by Gasteiger charge is 2.23. The Hall–Kier alpha value is 0. The van der Waals surface area contributed by atoms with Crippen LogP contribution < -0.4 is 0 Å². The van der Waals surface area contributed by atoms with E-state index in [0.29, 0.717) is 5.41 Å². The Bertz CT molecular complexity index is 90.2. The molecule has 0 saturated heterocycles. The molecule has 0 unspecified atom stereocenters. The van der Waals surface area contributed by atoms with E-state index in [1.807, 2.05) is 13.8 Å². The zero-order valence-corrected chi connectivity index (χ0v) is 11.4. The summed E-state index contributed by atoms with van der Waals surface area (Å²) < 4.78 is 0. The van der Waals surface area contributed by atoms with Gasteiger partial charge in [0.1, 0.15) is 0 Å². The minimum atomic E-state index is 0.685. The molecule has 0 radical (unpaired) electrons. The number of rotatable bonds is 7. The average Bonchev–Trinajstić information content (AvgIpc) is 2.27. The predicted octanol–water partition coefficient (Wildman–Crippen LogP) is 5.81. The summed E-state index contributed by atoms with van der Waals surface area (Å²) in [6, 6.07) is 0. The fourth-order valence-electron chi connectivity index (χ4n) is 2.16. The van der Waals surface area contributed by atoms with Gasteiger partial charge >= 0.3 is 0 Å². The maximum absolute atomic E-state index is 2.36. The Labute approximate surface area is 92.5 Å². The predicted molar refractivity (Wildman–Crippen MR) is 68.8 cm³/mol. The van der Waals surface area contributed by atoms with E-state index in [2.05, 4.69) is 27.7 Å². The molecule has 0 rings (SSSR count). The maximum atomic E-state index is 2.36. The molecule has 0 N–H and O–H groups in total. The number of hydrogen-bond donors (Lipinski definition) is 0. The van der Waals surface area contributed by atoms with Crippen LogP contribution in [0.15, 0.2) is 0 Å². The average molecular weight is 200 g/mol.